The molecule has 0 aliphatic heterocycles. The maximum atomic E-state index is 12.6. The van der Waals surface area contributed by atoms with Crippen LogP contribution >= 0.6 is 0 Å². The van der Waals surface area contributed by atoms with Gasteiger partial charge in [0.05, 0.1) is 0 Å². The van der Waals surface area contributed by atoms with Crippen molar-refractivity contribution in [3.63, 3.8) is 0 Å². The predicted octanol–water partition coefficient (Wildman–Crippen LogP) is 3.65. The topological polar surface area (TPSA) is 159 Å². The number of anilines is 2. The van der Waals surface area contributed by atoms with Crippen molar-refractivity contribution in [1.29, 1.82) is 0 Å². The largest absolute Gasteiger partial charge is 0.399 e. The smallest absolute Gasteiger partial charge is 0.251 e. The molecule has 0 aromatic heterocycles. The van der Waals surface area contributed by atoms with E-state index in [0.29, 0.717) is 11.4 Å². The zero-order chi connectivity index (χ0) is 22.2. The quantitative estimate of drug-likeness (QED) is 0.201. The number of amides is 2. The van der Waals surface area contributed by atoms with E-state index in [1.807, 2.05) is 24.3 Å². The minimum Gasteiger partial charge on any atom is -0.399 e. The molecule has 3 rings (SSSR count). The molecule has 31 heavy (non-hydrogen) atoms. The van der Waals surface area contributed by atoms with Crippen LogP contribution in [0.2, 0.25) is 0 Å². The average molecular weight is 415 g/mol. The fourth-order valence-corrected chi connectivity index (χ4v) is 2.82. The summed E-state index contributed by atoms with van der Waals surface area (Å²) in [6.45, 7) is 0.563. The van der Waals surface area contributed by atoms with Crippen LogP contribution in [0.4, 0.5) is 17.1 Å². The lowest BCUT2D eigenvalue weighted by molar-refractivity contribution is 0.0950. The molecule has 3 aromatic rings. The number of nitrogen functional groups attached to an aromatic ring is 2. The Morgan fingerprint density at radius 2 is 1.19 bits per heavy atom. The molecule has 0 spiro atoms. The highest BCUT2D eigenvalue weighted by Gasteiger charge is 2.13. The molecule has 2 amide bonds. The second-order valence-electron chi connectivity index (χ2n) is 6.81. The van der Waals surface area contributed by atoms with Crippen LogP contribution in [0.5, 0.6) is 0 Å². The van der Waals surface area contributed by atoms with Gasteiger partial charge in [-0.3, -0.25) is 9.59 Å². The van der Waals surface area contributed by atoms with Gasteiger partial charge < -0.3 is 22.1 Å². The lowest BCUT2D eigenvalue weighted by Crippen LogP contribution is -2.25. The molecule has 0 fully saturated rings. The highest BCUT2D eigenvalue weighted by atomic mass is 16.2. The molecule has 156 valence electrons. The lowest BCUT2D eigenvalue weighted by atomic mass is 10.1. The second-order valence-corrected chi connectivity index (χ2v) is 6.81. The first-order chi connectivity index (χ1) is 14.9. The zero-order valence-corrected chi connectivity index (χ0v) is 16.6. The van der Waals surface area contributed by atoms with Crippen LogP contribution in [0, 0.1) is 0 Å². The molecular weight excluding hydrogens is 394 g/mol. The van der Waals surface area contributed by atoms with Gasteiger partial charge in [-0.1, -0.05) is 29.4 Å². The van der Waals surface area contributed by atoms with Gasteiger partial charge in [-0.25, -0.2) is 0 Å². The van der Waals surface area contributed by atoms with E-state index in [2.05, 4.69) is 20.7 Å². The van der Waals surface area contributed by atoms with Gasteiger partial charge in [0.25, 0.3) is 11.8 Å². The lowest BCUT2D eigenvalue weighted by Gasteiger charge is -2.10. The Kier molecular flexibility index (Phi) is 6.72. The Labute approximate surface area is 178 Å². The van der Waals surface area contributed by atoms with Crippen LogP contribution in [0.15, 0.2) is 71.8 Å². The van der Waals surface area contributed by atoms with Gasteiger partial charge in [0.1, 0.15) is 0 Å². The Hall–Kier alpha value is -4.49. The van der Waals surface area contributed by atoms with Crippen molar-refractivity contribution >= 4 is 28.9 Å². The van der Waals surface area contributed by atoms with E-state index in [1.165, 1.54) is 18.2 Å². The normalized spacial score (nSPS) is 10.1. The van der Waals surface area contributed by atoms with Gasteiger partial charge in [0.15, 0.2) is 0 Å². The Morgan fingerprint density at radius 1 is 0.774 bits per heavy atom. The van der Waals surface area contributed by atoms with Gasteiger partial charge in [0, 0.05) is 46.2 Å². The molecule has 6 N–H and O–H groups in total. The van der Waals surface area contributed by atoms with E-state index in [4.69, 9.17) is 17.0 Å². The summed E-state index contributed by atoms with van der Waals surface area (Å²) in [6, 6.07) is 18.5. The van der Waals surface area contributed by atoms with Crippen LogP contribution in [0.1, 0.15) is 31.8 Å². The van der Waals surface area contributed by atoms with Crippen molar-refractivity contribution in [2.75, 3.05) is 11.5 Å². The third kappa shape index (κ3) is 5.99. The standard InChI is InChI=1S/C22H21N7O2/c23-18-5-1-14(2-6-18)12-26-21(30)16-9-17(11-20(10-16)28-29-25)22(31)27-13-15-3-7-19(24)8-4-15/h1-11H,12-13,23-24H2,(H,26,30)(H,27,31). The van der Waals surface area contributed by atoms with E-state index >= 15 is 0 Å². The molecule has 3 aromatic carbocycles. The van der Waals surface area contributed by atoms with Crippen molar-refractivity contribution in [1.82, 2.24) is 10.6 Å². The number of carbonyl (C=O) groups excluding carboxylic acids is 2. The summed E-state index contributed by atoms with van der Waals surface area (Å²) in [7, 11) is 0. The van der Waals surface area contributed by atoms with Crippen LogP contribution in [-0.2, 0) is 13.1 Å². The first kappa shape index (κ1) is 21.2. The fourth-order valence-electron chi connectivity index (χ4n) is 2.82. The third-order valence-electron chi connectivity index (χ3n) is 4.47. The van der Waals surface area contributed by atoms with Crippen molar-refractivity contribution in [2.24, 2.45) is 5.11 Å². The molecule has 0 saturated heterocycles. The van der Waals surface area contributed by atoms with Crippen LogP contribution in [-0.4, -0.2) is 11.8 Å². The van der Waals surface area contributed by atoms with Crippen molar-refractivity contribution in [3.05, 3.63) is 99.4 Å². The Morgan fingerprint density at radius 3 is 1.58 bits per heavy atom. The van der Waals surface area contributed by atoms with E-state index in [1.54, 1.807) is 24.3 Å². The number of azide groups is 1. The monoisotopic (exact) mass is 415 g/mol. The first-order valence-electron chi connectivity index (χ1n) is 9.40. The number of carbonyl (C=O) groups is 2. The summed E-state index contributed by atoms with van der Waals surface area (Å²) < 4.78 is 0. The highest BCUT2D eigenvalue weighted by molar-refractivity contribution is 6.00. The zero-order valence-electron chi connectivity index (χ0n) is 16.6. The number of nitrogens with zero attached hydrogens (tertiary/aromatic N) is 3. The maximum absolute atomic E-state index is 12.6. The second kappa shape index (κ2) is 9.82. The predicted molar refractivity (Wildman–Crippen MR) is 119 cm³/mol. The number of nitrogens with one attached hydrogen (secondary N) is 2. The molecule has 0 aliphatic rings. The van der Waals surface area contributed by atoms with Gasteiger partial charge in [-0.05, 0) is 59.1 Å². The van der Waals surface area contributed by atoms with Gasteiger partial charge >= 0.3 is 0 Å². The van der Waals surface area contributed by atoms with Crippen LogP contribution in [0.25, 0.3) is 10.4 Å². The minimum atomic E-state index is -0.403. The number of rotatable bonds is 7. The Bertz CT molecular complexity index is 1060. The van der Waals surface area contributed by atoms with Gasteiger partial charge in [0.2, 0.25) is 0 Å². The summed E-state index contributed by atoms with van der Waals surface area (Å²) in [4.78, 5) is 28.0. The number of hydrogen-bond acceptors (Lipinski definition) is 5. The highest BCUT2D eigenvalue weighted by Crippen LogP contribution is 2.19. The molecule has 0 bridgehead atoms. The van der Waals surface area contributed by atoms with Gasteiger partial charge in [-0.2, -0.15) is 0 Å². The average Bonchev–Trinajstić information content (AvgIpc) is 2.78. The van der Waals surface area contributed by atoms with E-state index in [0.717, 1.165) is 11.1 Å². The maximum Gasteiger partial charge on any atom is 0.251 e. The molecule has 0 unspecified atom stereocenters. The summed E-state index contributed by atoms with van der Waals surface area (Å²) in [5, 5.41) is 9.09. The molecule has 9 nitrogen and oxygen atoms in total. The number of hydrogen-bond donors (Lipinski definition) is 4. The van der Waals surface area contributed by atoms with Crippen molar-refractivity contribution < 1.29 is 9.59 Å². The SMILES string of the molecule is [N-]=[N+]=Nc1cc(C(=O)NCc2ccc(N)cc2)cc(C(=O)NCc2ccc(N)cc2)c1. The van der Waals surface area contributed by atoms with Crippen molar-refractivity contribution in [3.8, 4) is 0 Å². The summed E-state index contributed by atoms with van der Waals surface area (Å²) in [5.41, 5.74) is 23.7. The Balaban J connectivity index is 1.73. The number of benzene rings is 3. The summed E-state index contributed by atoms with van der Waals surface area (Å²) in [5.74, 6) is -0.807. The molecule has 9 heteroatoms. The third-order valence-corrected chi connectivity index (χ3v) is 4.47. The number of nitrogens with two attached hydrogens (primary N) is 2. The van der Waals surface area contributed by atoms with Crippen LogP contribution in [0.3, 0.4) is 0 Å². The van der Waals surface area contributed by atoms with E-state index in [9.17, 15) is 9.59 Å². The van der Waals surface area contributed by atoms with Crippen molar-refractivity contribution in [2.45, 2.75) is 13.1 Å². The van der Waals surface area contributed by atoms with E-state index < -0.39 is 11.8 Å². The molecule has 0 radical (unpaired) electrons. The van der Waals surface area contributed by atoms with Gasteiger partial charge in [-0.15, -0.1) is 0 Å². The van der Waals surface area contributed by atoms with Crippen LogP contribution < -0.4 is 22.1 Å². The molecular formula is C22H21N7O2. The van der Waals surface area contributed by atoms with E-state index in [-0.39, 0.29) is 29.9 Å². The fraction of sp³-hybridized carbons (Fsp3) is 0.0909. The summed E-state index contributed by atoms with van der Waals surface area (Å²) in [6.07, 6.45) is 0. The molecule has 0 saturated carbocycles. The molecule has 0 heterocycles. The first-order valence-corrected chi connectivity index (χ1v) is 9.40. The summed E-state index contributed by atoms with van der Waals surface area (Å²) >= 11 is 0. The molecule has 0 atom stereocenters. The molecule has 0 aliphatic carbocycles. The minimum absolute atomic E-state index is 0.167.